The van der Waals surface area contributed by atoms with E-state index in [1.165, 1.54) is 13.8 Å². The van der Waals surface area contributed by atoms with E-state index in [2.05, 4.69) is 13.2 Å². The van der Waals surface area contributed by atoms with Gasteiger partial charge in [0, 0.05) is 24.5 Å². The zero-order chi connectivity index (χ0) is 17.4. The van der Waals surface area contributed by atoms with Gasteiger partial charge in [0.05, 0.1) is 12.7 Å². The lowest BCUT2D eigenvalue weighted by Gasteiger charge is -2.29. The fourth-order valence-electron chi connectivity index (χ4n) is 1.66. The lowest BCUT2D eigenvalue weighted by Crippen LogP contribution is -2.47. The molecule has 0 fully saturated rings. The van der Waals surface area contributed by atoms with Crippen molar-refractivity contribution < 1.29 is 34.8 Å². The number of esters is 1. The minimum absolute atomic E-state index is 0.0660. The number of hydrogen-bond donors (Lipinski definition) is 4. The standard InChI is InChI=1S/C15H24O7/c1-8(2)11(18)5-10(6-16)13(19)14(20)12(7-17)22-15(21)9(3)4/h10,12-14,16-17,19-20H,1,3,5-7H2,2,4H3. The summed E-state index contributed by atoms with van der Waals surface area (Å²) in [7, 11) is 0. The summed E-state index contributed by atoms with van der Waals surface area (Å²) in [5, 5.41) is 38.5. The maximum atomic E-state index is 11.6. The number of Topliss-reactive ketones (excluding diaryl/α,β-unsaturated/α-hetero) is 1. The third kappa shape index (κ3) is 6.07. The van der Waals surface area contributed by atoms with Crippen LogP contribution in [0.3, 0.4) is 0 Å². The summed E-state index contributed by atoms with van der Waals surface area (Å²) in [6.07, 6.45) is -4.85. The van der Waals surface area contributed by atoms with Gasteiger partial charge in [-0.25, -0.2) is 4.79 Å². The van der Waals surface area contributed by atoms with Crippen LogP contribution in [0.4, 0.5) is 0 Å². The molecule has 0 aromatic rings. The Morgan fingerprint density at radius 1 is 1.00 bits per heavy atom. The van der Waals surface area contributed by atoms with Crippen LogP contribution in [-0.2, 0) is 14.3 Å². The highest BCUT2D eigenvalue weighted by atomic mass is 16.6. The van der Waals surface area contributed by atoms with E-state index in [1.807, 2.05) is 0 Å². The summed E-state index contributed by atoms with van der Waals surface area (Å²) in [6.45, 7) is 8.41. The summed E-state index contributed by atoms with van der Waals surface area (Å²) in [6, 6.07) is 0. The number of ether oxygens (including phenoxy) is 1. The van der Waals surface area contributed by atoms with E-state index >= 15 is 0 Å². The van der Waals surface area contributed by atoms with Crippen LogP contribution in [0.15, 0.2) is 24.3 Å². The monoisotopic (exact) mass is 316 g/mol. The number of aliphatic hydroxyl groups is 4. The zero-order valence-corrected chi connectivity index (χ0v) is 12.9. The van der Waals surface area contributed by atoms with Crippen molar-refractivity contribution in [2.45, 2.75) is 38.6 Å². The highest BCUT2D eigenvalue weighted by molar-refractivity contribution is 5.94. The van der Waals surface area contributed by atoms with Crippen LogP contribution >= 0.6 is 0 Å². The van der Waals surface area contributed by atoms with Gasteiger partial charge in [0.1, 0.15) is 6.10 Å². The third-order valence-electron chi connectivity index (χ3n) is 3.16. The third-order valence-corrected chi connectivity index (χ3v) is 3.16. The number of rotatable bonds is 10. The molecule has 0 radical (unpaired) electrons. The second-order valence-corrected chi connectivity index (χ2v) is 5.24. The van der Waals surface area contributed by atoms with Gasteiger partial charge >= 0.3 is 5.97 Å². The number of allylic oxidation sites excluding steroid dienone is 1. The number of aliphatic hydroxyl groups excluding tert-OH is 4. The van der Waals surface area contributed by atoms with Crippen LogP contribution in [0, 0.1) is 5.92 Å². The van der Waals surface area contributed by atoms with Crippen molar-refractivity contribution in [2.75, 3.05) is 13.2 Å². The van der Waals surface area contributed by atoms with Crippen molar-refractivity contribution in [3.8, 4) is 0 Å². The van der Waals surface area contributed by atoms with Gasteiger partial charge in [0.25, 0.3) is 0 Å². The van der Waals surface area contributed by atoms with Crippen LogP contribution in [-0.4, -0.2) is 63.7 Å². The molecule has 0 aliphatic carbocycles. The predicted molar refractivity (Wildman–Crippen MR) is 78.8 cm³/mol. The van der Waals surface area contributed by atoms with Crippen molar-refractivity contribution in [3.05, 3.63) is 24.3 Å². The van der Waals surface area contributed by atoms with E-state index in [-0.39, 0.29) is 23.4 Å². The van der Waals surface area contributed by atoms with E-state index in [1.54, 1.807) is 0 Å². The molecule has 4 N–H and O–H groups in total. The lowest BCUT2D eigenvalue weighted by molar-refractivity contribution is -0.163. The van der Waals surface area contributed by atoms with E-state index in [9.17, 15) is 30.0 Å². The SMILES string of the molecule is C=C(C)C(=O)CC(CO)C(O)C(O)C(CO)OC(=O)C(=C)C. The molecule has 0 rings (SSSR count). The Bertz CT molecular complexity index is 390. The molecule has 7 nitrogen and oxygen atoms in total. The Balaban J connectivity index is 4.92. The smallest absolute Gasteiger partial charge is 0.333 e. The van der Waals surface area contributed by atoms with E-state index < -0.39 is 43.4 Å². The molecule has 0 aromatic heterocycles. The normalized spacial score (nSPS) is 16.3. The van der Waals surface area contributed by atoms with Gasteiger partial charge in [-0.05, 0) is 19.4 Å². The summed E-state index contributed by atoms with van der Waals surface area (Å²) in [5.41, 5.74) is 0.323. The molecule has 0 aliphatic heterocycles. The first-order valence-corrected chi connectivity index (χ1v) is 6.78. The van der Waals surface area contributed by atoms with Gasteiger partial charge < -0.3 is 25.2 Å². The van der Waals surface area contributed by atoms with Crippen molar-refractivity contribution in [1.29, 1.82) is 0 Å². The second kappa shape index (κ2) is 9.47. The second-order valence-electron chi connectivity index (χ2n) is 5.24. The van der Waals surface area contributed by atoms with Gasteiger partial charge in [-0.2, -0.15) is 0 Å². The molecule has 4 unspecified atom stereocenters. The average molecular weight is 316 g/mol. The maximum Gasteiger partial charge on any atom is 0.333 e. The quantitative estimate of drug-likeness (QED) is 0.311. The number of ketones is 1. The van der Waals surface area contributed by atoms with E-state index in [4.69, 9.17) is 4.74 Å². The number of carbonyl (C=O) groups excluding carboxylic acids is 2. The highest BCUT2D eigenvalue weighted by Gasteiger charge is 2.35. The van der Waals surface area contributed by atoms with Gasteiger partial charge in [-0.15, -0.1) is 0 Å². The van der Waals surface area contributed by atoms with Crippen molar-refractivity contribution in [1.82, 2.24) is 0 Å². The van der Waals surface area contributed by atoms with Crippen LogP contribution in [0.1, 0.15) is 20.3 Å². The largest absolute Gasteiger partial charge is 0.454 e. The summed E-state index contributed by atoms with van der Waals surface area (Å²) < 4.78 is 4.81. The predicted octanol–water partition coefficient (Wildman–Crippen LogP) is -0.668. The summed E-state index contributed by atoms with van der Waals surface area (Å²) >= 11 is 0. The van der Waals surface area contributed by atoms with Gasteiger partial charge in [0.2, 0.25) is 0 Å². The van der Waals surface area contributed by atoms with Crippen LogP contribution < -0.4 is 0 Å². The number of hydrogen-bond acceptors (Lipinski definition) is 7. The molecule has 0 saturated heterocycles. The topological polar surface area (TPSA) is 124 Å². The van der Waals surface area contributed by atoms with Gasteiger partial charge in [0.15, 0.2) is 11.9 Å². The molecule has 0 saturated carbocycles. The molecule has 126 valence electrons. The van der Waals surface area contributed by atoms with Crippen LogP contribution in [0.25, 0.3) is 0 Å². The summed E-state index contributed by atoms with van der Waals surface area (Å²) in [4.78, 5) is 23.0. The highest BCUT2D eigenvalue weighted by Crippen LogP contribution is 2.18. The molecule has 0 heterocycles. The Labute approximate surface area is 129 Å². The summed E-state index contributed by atoms with van der Waals surface area (Å²) in [5.74, 6) is -2.18. The van der Waals surface area contributed by atoms with Crippen LogP contribution in [0.2, 0.25) is 0 Å². The maximum absolute atomic E-state index is 11.6. The molecular weight excluding hydrogens is 292 g/mol. The average Bonchev–Trinajstić information content (AvgIpc) is 2.47. The first-order chi connectivity index (χ1) is 10.1. The zero-order valence-electron chi connectivity index (χ0n) is 12.9. The molecule has 0 aliphatic rings. The molecule has 0 spiro atoms. The van der Waals surface area contributed by atoms with Crippen molar-refractivity contribution in [2.24, 2.45) is 5.92 Å². The minimum atomic E-state index is -1.66. The van der Waals surface area contributed by atoms with Crippen LogP contribution in [0.5, 0.6) is 0 Å². The molecule has 22 heavy (non-hydrogen) atoms. The molecule has 0 aromatic carbocycles. The Hall–Kier alpha value is -1.54. The van der Waals surface area contributed by atoms with Crippen molar-refractivity contribution >= 4 is 11.8 Å². The molecule has 4 atom stereocenters. The molecular formula is C15H24O7. The van der Waals surface area contributed by atoms with E-state index in [0.717, 1.165) is 0 Å². The van der Waals surface area contributed by atoms with E-state index in [0.29, 0.717) is 0 Å². The minimum Gasteiger partial charge on any atom is -0.454 e. The Morgan fingerprint density at radius 2 is 1.55 bits per heavy atom. The number of carbonyl (C=O) groups is 2. The molecule has 7 heteroatoms. The molecule has 0 amide bonds. The fourth-order valence-corrected chi connectivity index (χ4v) is 1.66. The molecule has 0 bridgehead atoms. The Morgan fingerprint density at radius 3 is 1.91 bits per heavy atom. The first-order valence-electron chi connectivity index (χ1n) is 6.78. The van der Waals surface area contributed by atoms with Gasteiger partial charge in [-0.3, -0.25) is 4.79 Å². The fraction of sp³-hybridized carbons (Fsp3) is 0.600. The first kappa shape index (κ1) is 20.5. The van der Waals surface area contributed by atoms with Crippen molar-refractivity contribution in [3.63, 3.8) is 0 Å². The lowest BCUT2D eigenvalue weighted by atomic mass is 9.90. The van der Waals surface area contributed by atoms with Gasteiger partial charge in [-0.1, -0.05) is 13.2 Å². The Kier molecular flexibility index (Phi) is 8.81.